The second-order valence-electron chi connectivity index (χ2n) is 5.16. The molecule has 3 rings (SSSR count). The molecular formula is C15H17N3O2S. The van der Waals surface area contributed by atoms with Crippen LogP contribution in [-0.2, 0) is 0 Å². The largest absolute Gasteiger partial charge is 0.383 e. The standard InChI is InChI=1S/C15H17N3O2S/c19-18(20)14-7-6-13(12-5-3-8-16-15(12)14)17-10-11-4-1-2-9-21-11/h3,5-8,11,17H,1-2,4,9-10H2. The van der Waals surface area contributed by atoms with E-state index in [2.05, 4.69) is 10.3 Å². The SMILES string of the molecule is O=[N+]([O-])c1ccc(NCC2CCCCS2)c2cccnc12. The lowest BCUT2D eigenvalue weighted by Crippen LogP contribution is -2.20. The van der Waals surface area contributed by atoms with E-state index in [-0.39, 0.29) is 10.6 Å². The van der Waals surface area contributed by atoms with E-state index in [1.54, 1.807) is 12.3 Å². The molecule has 1 atom stereocenters. The molecule has 1 N–H and O–H groups in total. The Kier molecular flexibility index (Phi) is 4.24. The molecule has 1 aromatic carbocycles. The third-order valence-electron chi connectivity index (χ3n) is 3.74. The van der Waals surface area contributed by atoms with Gasteiger partial charge in [-0.1, -0.05) is 6.42 Å². The molecule has 1 unspecified atom stereocenters. The van der Waals surface area contributed by atoms with Crippen LogP contribution in [0.5, 0.6) is 0 Å². The van der Waals surface area contributed by atoms with Gasteiger partial charge in [-0.3, -0.25) is 10.1 Å². The first-order valence-corrected chi connectivity index (χ1v) is 8.18. The third kappa shape index (κ3) is 3.10. The van der Waals surface area contributed by atoms with Gasteiger partial charge in [-0.05, 0) is 36.8 Å². The van der Waals surface area contributed by atoms with Gasteiger partial charge in [0, 0.05) is 35.1 Å². The van der Waals surface area contributed by atoms with Crippen LogP contribution in [0, 0.1) is 10.1 Å². The van der Waals surface area contributed by atoms with Gasteiger partial charge in [0.15, 0.2) is 0 Å². The number of non-ortho nitro benzene ring substituents is 1. The summed E-state index contributed by atoms with van der Waals surface area (Å²) in [6.45, 7) is 0.895. The average molecular weight is 303 g/mol. The first-order valence-electron chi connectivity index (χ1n) is 7.13. The zero-order valence-corrected chi connectivity index (χ0v) is 12.4. The van der Waals surface area contributed by atoms with E-state index in [1.807, 2.05) is 23.9 Å². The molecular weight excluding hydrogens is 286 g/mol. The molecule has 0 aliphatic carbocycles. The molecule has 0 radical (unpaired) electrons. The number of nitro groups is 1. The highest BCUT2D eigenvalue weighted by molar-refractivity contribution is 7.99. The number of nitrogens with zero attached hydrogens (tertiary/aromatic N) is 2. The van der Waals surface area contributed by atoms with Crippen LogP contribution in [0.2, 0.25) is 0 Å². The van der Waals surface area contributed by atoms with Gasteiger partial charge in [0.05, 0.1) is 4.92 Å². The molecule has 1 aliphatic heterocycles. The van der Waals surface area contributed by atoms with E-state index in [0.29, 0.717) is 10.8 Å². The minimum absolute atomic E-state index is 0.0585. The quantitative estimate of drug-likeness (QED) is 0.686. The molecule has 0 bridgehead atoms. The first-order chi connectivity index (χ1) is 10.3. The van der Waals surface area contributed by atoms with Gasteiger partial charge in [-0.15, -0.1) is 0 Å². The van der Waals surface area contributed by atoms with Crippen molar-refractivity contribution >= 4 is 34.0 Å². The van der Waals surface area contributed by atoms with E-state index in [0.717, 1.165) is 17.6 Å². The predicted molar refractivity (Wildman–Crippen MR) is 87.0 cm³/mol. The van der Waals surface area contributed by atoms with E-state index in [1.165, 1.54) is 31.1 Å². The molecule has 0 saturated carbocycles. The molecule has 0 amide bonds. The highest BCUT2D eigenvalue weighted by atomic mass is 32.2. The van der Waals surface area contributed by atoms with Crippen molar-refractivity contribution in [2.24, 2.45) is 0 Å². The maximum absolute atomic E-state index is 11.1. The van der Waals surface area contributed by atoms with Crippen molar-refractivity contribution in [3.8, 4) is 0 Å². The lowest BCUT2D eigenvalue weighted by Gasteiger charge is -2.22. The fourth-order valence-corrected chi connectivity index (χ4v) is 3.89. The minimum atomic E-state index is -0.379. The third-order valence-corrected chi connectivity index (χ3v) is 5.14. The second kappa shape index (κ2) is 6.30. The Labute approximate surface area is 127 Å². The molecule has 5 nitrogen and oxygen atoms in total. The Hall–Kier alpha value is -1.82. The minimum Gasteiger partial charge on any atom is -0.383 e. The fourth-order valence-electron chi connectivity index (χ4n) is 2.65. The van der Waals surface area contributed by atoms with Crippen molar-refractivity contribution in [1.82, 2.24) is 4.98 Å². The van der Waals surface area contributed by atoms with Crippen LogP contribution < -0.4 is 5.32 Å². The summed E-state index contributed by atoms with van der Waals surface area (Å²) in [5, 5.41) is 16.0. The number of pyridine rings is 1. The highest BCUT2D eigenvalue weighted by Crippen LogP contribution is 2.31. The van der Waals surface area contributed by atoms with Gasteiger partial charge in [0.25, 0.3) is 5.69 Å². The Morgan fingerprint density at radius 3 is 3.05 bits per heavy atom. The van der Waals surface area contributed by atoms with Crippen LogP contribution in [0.4, 0.5) is 11.4 Å². The molecule has 110 valence electrons. The lowest BCUT2D eigenvalue weighted by atomic mass is 10.1. The summed E-state index contributed by atoms with van der Waals surface area (Å²) in [5.41, 5.74) is 1.43. The van der Waals surface area contributed by atoms with Crippen molar-refractivity contribution in [2.45, 2.75) is 24.5 Å². The molecule has 1 fully saturated rings. The van der Waals surface area contributed by atoms with Crippen molar-refractivity contribution < 1.29 is 4.92 Å². The average Bonchev–Trinajstić information content (AvgIpc) is 2.53. The van der Waals surface area contributed by atoms with Gasteiger partial charge in [-0.25, -0.2) is 4.98 Å². The van der Waals surface area contributed by atoms with Crippen LogP contribution in [0.3, 0.4) is 0 Å². The summed E-state index contributed by atoms with van der Waals surface area (Å²) in [5.74, 6) is 1.23. The summed E-state index contributed by atoms with van der Waals surface area (Å²) in [7, 11) is 0. The number of hydrogen-bond acceptors (Lipinski definition) is 5. The van der Waals surface area contributed by atoms with Crippen LogP contribution >= 0.6 is 11.8 Å². The Balaban J connectivity index is 1.85. The van der Waals surface area contributed by atoms with Gasteiger partial charge < -0.3 is 5.32 Å². The normalized spacial score (nSPS) is 18.6. The van der Waals surface area contributed by atoms with Gasteiger partial charge in [0.2, 0.25) is 0 Å². The number of thioether (sulfide) groups is 1. The van der Waals surface area contributed by atoms with Crippen LogP contribution in [-0.4, -0.2) is 27.5 Å². The monoisotopic (exact) mass is 303 g/mol. The Morgan fingerprint density at radius 2 is 2.29 bits per heavy atom. The highest BCUT2D eigenvalue weighted by Gasteiger charge is 2.17. The number of hydrogen-bond donors (Lipinski definition) is 1. The molecule has 1 saturated heterocycles. The summed E-state index contributed by atoms with van der Waals surface area (Å²) >= 11 is 2.01. The zero-order chi connectivity index (χ0) is 14.7. The smallest absolute Gasteiger partial charge is 0.295 e. The fraction of sp³-hybridized carbons (Fsp3) is 0.400. The number of anilines is 1. The van der Waals surface area contributed by atoms with E-state index >= 15 is 0 Å². The van der Waals surface area contributed by atoms with Gasteiger partial charge >= 0.3 is 0 Å². The van der Waals surface area contributed by atoms with Crippen LogP contribution in [0.1, 0.15) is 19.3 Å². The van der Waals surface area contributed by atoms with Crippen molar-refractivity contribution in [3.63, 3.8) is 0 Å². The van der Waals surface area contributed by atoms with E-state index in [4.69, 9.17) is 0 Å². The first kappa shape index (κ1) is 14.1. The molecule has 1 aromatic heterocycles. The maximum Gasteiger partial charge on any atom is 0.295 e. The second-order valence-corrected chi connectivity index (χ2v) is 6.57. The number of fused-ring (bicyclic) bond motifs is 1. The summed E-state index contributed by atoms with van der Waals surface area (Å²) < 4.78 is 0. The van der Waals surface area contributed by atoms with Crippen LogP contribution in [0.25, 0.3) is 10.9 Å². The van der Waals surface area contributed by atoms with Crippen molar-refractivity contribution in [2.75, 3.05) is 17.6 Å². The Bertz CT molecular complexity index is 656. The molecule has 1 aliphatic rings. The zero-order valence-electron chi connectivity index (χ0n) is 11.6. The summed E-state index contributed by atoms with van der Waals surface area (Å²) in [6.07, 6.45) is 5.43. The lowest BCUT2D eigenvalue weighted by molar-refractivity contribution is -0.383. The number of nitrogens with one attached hydrogen (secondary N) is 1. The molecule has 21 heavy (non-hydrogen) atoms. The molecule has 6 heteroatoms. The molecule has 0 spiro atoms. The van der Waals surface area contributed by atoms with Crippen molar-refractivity contribution in [3.05, 3.63) is 40.6 Å². The van der Waals surface area contributed by atoms with Gasteiger partial charge in [-0.2, -0.15) is 11.8 Å². The number of benzene rings is 1. The van der Waals surface area contributed by atoms with Crippen LogP contribution in [0.15, 0.2) is 30.5 Å². The molecule has 2 aromatic rings. The predicted octanol–water partition coefficient (Wildman–Crippen LogP) is 3.84. The maximum atomic E-state index is 11.1. The van der Waals surface area contributed by atoms with Gasteiger partial charge in [0.1, 0.15) is 5.52 Å². The number of aromatic nitrogens is 1. The molecule has 2 heterocycles. The van der Waals surface area contributed by atoms with E-state index in [9.17, 15) is 10.1 Å². The summed E-state index contributed by atoms with van der Waals surface area (Å²) in [6, 6.07) is 7.01. The number of nitro benzene ring substituents is 1. The Morgan fingerprint density at radius 1 is 1.38 bits per heavy atom. The summed E-state index contributed by atoms with van der Waals surface area (Å²) in [4.78, 5) is 14.9. The van der Waals surface area contributed by atoms with E-state index < -0.39 is 0 Å². The topological polar surface area (TPSA) is 68.1 Å². The number of rotatable bonds is 4. The van der Waals surface area contributed by atoms with Crippen molar-refractivity contribution in [1.29, 1.82) is 0 Å².